The normalized spacial score (nSPS) is 11.8. The third-order valence-electron chi connectivity index (χ3n) is 4.22. The number of halogens is 1. The summed E-state index contributed by atoms with van der Waals surface area (Å²) < 4.78 is 10.9. The molecule has 0 aliphatic carbocycles. The Labute approximate surface area is 183 Å². The highest BCUT2D eigenvalue weighted by Crippen LogP contribution is 2.24. The minimum atomic E-state index is -0.749. The molecule has 0 spiro atoms. The second kappa shape index (κ2) is 10.7. The van der Waals surface area contributed by atoms with Gasteiger partial charge in [0.1, 0.15) is 24.0 Å². The predicted molar refractivity (Wildman–Crippen MR) is 118 cm³/mol. The Kier molecular flexibility index (Phi) is 7.71. The molecule has 3 amide bonds. The van der Waals surface area contributed by atoms with Crippen molar-refractivity contribution in [2.24, 2.45) is 5.73 Å². The molecule has 2 aromatic carbocycles. The molecule has 1 aromatic heterocycles. The highest BCUT2D eigenvalue weighted by atomic mass is 35.5. The van der Waals surface area contributed by atoms with E-state index in [1.165, 1.54) is 6.07 Å². The molecule has 1 atom stereocenters. The first-order valence-electron chi connectivity index (χ1n) is 9.56. The lowest BCUT2D eigenvalue weighted by molar-refractivity contribution is 0.0976. The van der Waals surface area contributed by atoms with Crippen LogP contribution >= 0.6 is 11.6 Å². The van der Waals surface area contributed by atoms with Gasteiger partial charge in [0.2, 0.25) is 0 Å². The number of benzene rings is 2. The van der Waals surface area contributed by atoms with Gasteiger partial charge < -0.3 is 35.9 Å². The van der Waals surface area contributed by atoms with Crippen LogP contribution in [0.4, 0.5) is 10.5 Å². The van der Waals surface area contributed by atoms with E-state index in [2.05, 4.69) is 16.0 Å². The number of amides is 3. The fraction of sp³-hybridized carbons (Fsp3) is 0.238. The monoisotopic (exact) mass is 446 g/mol. The third-order valence-corrected chi connectivity index (χ3v) is 4.46. The number of hydrogen-bond donors (Lipinski definition) is 5. The Morgan fingerprint density at radius 1 is 1.16 bits per heavy atom. The predicted octanol–water partition coefficient (Wildman–Crippen LogP) is 2.34. The summed E-state index contributed by atoms with van der Waals surface area (Å²) in [6.45, 7) is 1.20. The van der Waals surface area contributed by atoms with Crippen LogP contribution in [0.2, 0.25) is 5.02 Å². The molecular weight excluding hydrogens is 424 g/mol. The fourth-order valence-electron chi connectivity index (χ4n) is 2.76. The highest BCUT2D eigenvalue weighted by molar-refractivity contribution is 6.30. The Morgan fingerprint density at radius 3 is 2.77 bits per heavy atom. The van der Waals surface area contributed by atoms with Crippen molar-refractivity contribution in [3.63, 3.8) is 0 Å². The molecule has 0 radical (unpaired) electrons. The van der Waals surface area contributed by atoms with Gasteiger partial charge in [0.15, 0.2) is 5.76 Å². The number of fused-ring (bicyclic) bond motifs is 1. The van der Waals surface area contributed by atoms with Gasteiger partial charge in [0, 0.05) is 35.7 Å². The van der Waals surface area contributed by atoms with Crippen LogP contribution in [-0.2, 0) is 0 Å². The van der Waals surface area contributed by atoms with E-state index in [-0.39, 0.29) is 24.9 Å². The van der Waals surface area contributed by atoms with E-state index >= 15 is 0 Å². The number of rotatable bonds is 10. The summed E-state index contributed by atoms with van der Waals surface area (Å²) >= 11 is 5.87. The maximum atomic E-state index is 11.8. The number of carbonyl (C=O) groups excluding carboxylic acids is 2. The van der Waals surface area contributed by atoms with Gasteiger partial charge >= 0.3 is 6.03 Å². The Balaban J connectivity index is 1.32. The number of nitrogens with two attached hydrogens (primary N) is 1. The number of anilines is 1. The number of nitrogens with one attached hydrogen (secondary N) is 3. The SMILES string of the molecule is NC(=O)c1cc2cc(OCC(O)CNCCNC(=O)Nc3cccc(Cl)c3)ccc2o1. The average molecular weight is 447 g/mol. The van der Waals surface area contributed by atoms with E-state index in [9.17, 15) is 14.7 Å². The Hall–Kier alpha value is -3.27. The van der Waals surface area contributed by atoms with E-state index in [4.69, 9.17) is 26.5 Å². The molecule has 10 heteroatoms. The number of aliphatic hydroxyl groups excluding tert-OH is 1. The number of ether oxygens (including phenoxy) is 1. The molecule has 0 bridgehead atoms. The van der Waals surface area contributed by atoms with Crippen LogP contribution in [-0.4, -0.2) is 49.4 Å². The molecule has 0 aliphatic rings. The smallest absolute Gasteiger partial charge is 0.319 e. The third kappa shape index (κ3) is 6.88. The largest absolute Gasteiger partial charge is 0.491 e. The van der Waals surface area contributed by atoms with Gasteiger partial charge in [0.05, 0.1) is 0 Å². The molecular formula is C21H23ClN4O5. The van der Waals surface area contributed by atoms with E-state index in [0.29, 0.717) is 40.5 Å². The molecule has 9 nitrogen and oxygen atoms in total. The van der Waals surface area contributed by atoms with E-state index in [1.54, 1.807) is 42.5 Å². The minimum Gasteiger partial charge on any atom is -0.491 e. The molecule has 0 saturated carbocycles. The van der Waals surface area contributed by atoms with Gasteiger partial charge in [-0.15, -0.1) is 0 Å². The number of carbonyl (C=O) groups is 2. The van der Waals surface area contributed by atoms with Crippen LogP contribution in [0.1, 0.15) is 10.6 Å². The zero-order valence-electron chi connectivity index (χ0n) is 16.6. The first kappa shape index (κ1) is 22.4. The quantitative estimate of drug-likeness (QED) is 0.303. The van der Waals surface area contributed by atoms with Crippen LogP contribution in [0.5, 0.6) is 5.75 Å². The zero-order valence-corrected chi connectivity index (χ0v) is 17.3. The summed E-state index contributed by atoms with van der Waals surface area (Å²) in [7, 11) is 0. The molecule has 0 aliphatic heterocycles. The molecule has 0 saturated heterocycles. The number of aliphatic hydroxyl groups is 1. The standard InChI is InChI=1S/C21H23ClN4O5/c22-14-2-1-3-15(10-14)26-21(29)25-7-6-24-11-16(27)12-30-17-4-5-18-13(8-17)9-19(31-18)20(23)28/h1-5,8-10,16,24,27H,6-7,11-12H2,(H2,23,28)(H2,25,26,29). The number of urea groups is 1. The molecule has 3 rings (SSSR count). The van der Waals surface area contributed by atoms with Crippen molar-refractivity contribution < 1.29 is 23.8 Å². The lowest BCUT2D eigenvalue weighted by atomic mass is 10.2. The second-order valence-electron chi connectivity index (χ2n) is 6.73. The number of hydrogen-bond acceptors (Lipinski definition) is 6. The van der Waals surface area contributed by atoms with Crippen LogP contribution in [0.25, 0.3) is 11.0 Å². The van der Waals surface area contributed by atoms with Crippen molar-refractivity contribution >= 4 is 40.2 Å². The molecule has 0 fully saturated rings. The topological polar surface area (TPSA) is 139 Å². The van der Waals surface area contributed by atoms with Crippen molar-refractivity contribution in [2.45, 2.75) is 6.10 Å². The van der Waals surface area contributed by atoms with Crippen molar-refractivity contribution in [1.29, 1.82) is 0 Å². The lowest BCUT2D eigenvalue weighted by Gasteiger charge is -2.14. The molecule has 3 aromatic rings. The van der Waals surface area contributed by atoms with Crippen LogP contribution in [0, 0.1) is 0 Å². The summed E-state index contributed by atoms with van der Waals surface area (Å²) in [5.74, 6) is -0.0365. The summed E-state index contributed by atoms with van der Waals surface area (Å²) in [6, 6.07) is 13.1. The molecule has 31 heavy (non-hydrogen) atoms. The van der Waals surface area contributed by atoms with E-state index < -0.39 is 12.0 Å². The van der Waals surface area contributed by atoms with Crippen LogP contribution in [0.3, 0.4) is 0 Å². The first-order valence-corrected chi connectivity index (χ1v) is 9.94. The van der Waals surface area contributed by atoms with Gasteiger partial charge in [-0.25, -0.2) is 4.79 Å². The first-order chi connectivity index (χ1) is 14.9. The van der Waals surface area contributed by atoms with Gasteiger partial charge in [-0.05, 0) is 42.5 Å². The van der Waals surface area contributed by atoms with Crippen molar-refractivity contribution in [3.8, 4) is 5.75 Å². The number of primary amides is 1. The van der Waals surface area contributed by atoms with Crippen LogP contribution in [0.15, 0.2) is 52.9 Å². The summed E-state index contributed by atoms with van der Waals surface area (Å²) in [4.78, 5) is 23.0. The summed E-state index contributed by atoms with van der Waals surface area (Å²) in [6.07, 6.45) is -0.749. The van der Waals surface area contributed by atoms with Crippen molar-refractivity contribution in [3.05, 3.63) is 59.3 Å². The van der Waals surface area contributed by atoms with Crippen molar-refractivity contribution in [1.82, 2.24) is 10.6 Å². The summed E-state index contributed by atoms with van der Waals surface area (Å²) in [5, 5.41) is 19.7. The number of furan rings is 1. The lowest BCUT2D eigenvalue weighted by Crippen LogP contribution is -2.38. The van der Waals surface area contributed by atoms with E-state index in [1.807, 2.05) is 0 Å². The molecule has 1 unspecified atom stereocenters. The van der Waals surface area contributed by atoms with E-state index in [0.717, 1.165) is 0 Å². The average Bonchev–Trinajstić information content (AvgIpc) is 3.16. The summed E-state index contributed by atoms with van der Waals surface area (Å²) in [5.41, 5.74) is 6.33. The van der Waals surface area contributed by atoms with Gasteiger partial charge in [-0.2, -0.15) is 0 Å². The maximum Gasteiger partial charge on any atom is 0.319 e. The van der Waals surface area contributed by atoms with Gasteiger partial charge in [-0.1, -0.05) is 17.7 Å². The Morgan fingerprint density at radius 2 is 2.00 bits per heavy atom. The minimum absolute atomic E-state index is 0.0711. The van der Waals surface area contributed by atoms with Crippen molar-refractivity contribution in [2.75, 3.05) is 31.6 Å². The highest BCUT2D eigenvalue weighted by Gasteiger charge is 2.10. The fourth-order valence-corrected chi connectivity index (χ4v) is 2.95. The molecule has 6 N–H and O–H groups in total. The zero-order chi connectivity index (χ0) is 22.2. The molecule has 1 heterocycles. The Bertz CT molecular complexity index is 1060. The van der Waals surface area contributed by atoms with Crippen LogP contribution < -0.4 is 26.4 Å². The molecule has 164 valence electrons. The van der Waals surface area contributed by atoms with Gasteiger partial charge in [-0.3, -0.25) is 4.79 Å². The van der Waals surface area contributed by atoms with Gasteiger partial charge in [0.25, 0.3) is 5.91 Å². The maximum absolute atomic E-state index is 11.8. The second-order valence-corrected chi connectivity index (χ2v) is 7.17.